The molecule has 9 heavy (non-hydrogen) atoms. The quantitative estimate of drug-likeness (QED) is 0.543. The molecule has 2 N–H and O–H groups in total. The summed E-state index contributed by atoms with van der Waals surface area (Å²) >= 11 is 0. The van der Waals surface area contributed by atoms with Crippen molar-refractivity contribution in [3.05, 3.63) is 0 Å². The molecule has 0 bridgehead atoms. The molecule has 0 aromatic rings. The van der Waals surface area contributed by atoms with Gasteiger partial charge in [-0.25, -0.2) is 0 Å². The lowest BCUT2D eigenvalue weighted by molar-refractivity contribution is -0.00179. The highest BCUT2D eigenvalue weighted by atomic mass is 16.3. The predicted octanol–water partition coefficient (Wildman–Crippen LogP) is 0.530. The molecule has 0 aromatic heterocycles. The fraction of sp³-hybridized carbons (Fsp3) is 1.00. The van der Waals surface area contributed by atoms with Crippen molar-refractivity contribution in [2.75, 3.05) is 6.61 Å². The van der Waals surface area contributed by atoms with E-state index in [2.05, 4.69) is 0 Å². The van der Waals surface area contributed by atoms with Crippen LogP contribution in [-0.2, 0) is 0 Å². The van der Waals surface area contributed by atoms with E-state index < -0.39 is 5.60 Å². The molecule has 0 saturated heterocycles. The first-order chi connectivity index (χ1) is 4.17. The van der Waals surface area contributed by atoms with Crippen molar-refractivity contribution in [1.29, 1.82) is 0 Å². The Labute approximate surface area is 55.5 Å². The van der Waals surface area contributed by atoms with Gasteiger partial charge in [-0.3, -0.25) is 0 Å². The number of aliphatic hydroxyl groups excluding tert-OH is 1. The van der Waals surface area contributed by atoms with Crippen LogP contribution in [0.2, 0.25) is 0 Å². The van der Waals surface area contributed by atoms with Gasteiger partial charge in [0.05, 0.1) is 5.60 Å². The summed E-state index contributed by atoms with van der Waals surface area (Å²) in [5, 5.41) is 18.2. The van der Waals surface area contributed by atoms with Gasteiger partial charge in [0, 0.05) is 12.5 Å². The fourth-order valence-electron chi connectivity index (χ4n) is 1.51. The second-order valence-electron chi connectivity index (χ2n) is 3.13. The van der Waals surface area contributed by atoms with Crippen molar-refractivity contribution >= 4 is 0 Å². The fourth-order valence-corrected chi connectivity index (χ4v) is 1.51. The van der Waals surface area contributed by atoms with Crippen LogP contribution in [0.4, 0.5) is 0 Å². The Kier molecular flexibility index (Phi) is 1.78. The third kappa shape index (κ3) is 1.25. The molecule has 0 aliphatic heterocycles. The Morgan fingerprint density at radius 1 is 1.67 bits per heavy atom. The minimum absolute atomic E-state index is 0.123. The molecule has 0 amide bonds. The normalized spacial score (nSPS) is 43.7. The highest BCUT2D eigenvalue weighted by molar-refractivity contribution is 4.87. The second-order valence-corrected chi connectivity index (χ2v) is 3.13. The highest BCUT2D eigenvalue weighted by Crippen LogP contribution is 2.34. The zero-order valence-corrected chi connectivity index (χ0v) is 5.80. The molecule has 1 unspecified atom stereocenters. The van der Waals surface area contributed by atoms with Gasteiger partial charge in [0.1, 0.15) is 0 Å². The smallest absolute Gasteiger partial charge is 0.0669 e. The van der Waals surface area contributed by atoms with E-state index in [9.17, 15) is 5.11 Å². The summed E-state index contributed by atoms with van der Waals surface area (Å²) in [6, 6.07) is 0. The summed E-state index contributed by atoms with van der Waals surface area (Å²) in [7, 11) is 0. The van der Waals surface area contributed by atoms with Crippen LogP contribution in [0, 0.1) is 5.92 Å². The number of hydrogen-bond donors (Lipinski definition) is 2. The summed E-state index contributed by atoms with van der Waals surface area (Å²) in [5.41, 5.74) is -0.589. The van der Waals surface area contributed by atoms with Gasteiger partial charge in [-0.05, 0) is 19.8 Å². The third-order valence-corrected chi connectivity index (χ3v) is 2.34. The summed E-state index contributed by atoms with van der Waals surface area (Å²) in [6.45, 7) is 1.94. The standard InChI is InChI=1S/C7H14O2/c1-7(9)4-2-3-6(7)5-8/h6,8-9H,2-5H2,1H3/t6?,7-/m0/s1. The third-order valence-electron chi connectivity index (χ3n) is 2.34. The summed E-state index contributed by atoms with van der Waals surface area (Å²) in [6.07, 6.45) is 2.87. The van der Waals surface area contributed by atoms with Gasteiger partial charge in [-0.2, -0.15) is 0 Å². The number of aliphatic hydroxyl groups is 2. The van der Waals surface area contributed by atoms with Gasteiger partial charge < -0.3 is 10.2 Å². The molecule has 1 aliphatic carbocycles. The van der Waals surface area contributed by atoms with E-state index in [1.807, 2.05) is 0 Å². The molecule has 1 fully saturated rings. The molecule has 2 atom stereocenters. The second kappa shape index (κ2) is 2.27. The van der Waals surface area contributed by atoms with Crippen molar-refractivity contribution in [3.8, 4) is 0 Å². The van der Waals surface area contributed by atoms with Crippen LogP contribution in [0.1, 0.15) is 26.2 Å². The first kappa shape index (κ1) is 7.03. The first-order valence-corrected chi connectivity index (χ1v) is 3.50. The lowest BCUT2D eigenvalue weighted by Gasteiger charge is -2.22. The van der Waals surface area contributed by atoms with Crippen LogP contribution in [-0.4, -0.2) is 22.4 Å². The van der Waals surface area contributed by atoms with E-state index in [0.717, 1.165) is 19.3 Å². The average Bonchev–Trinajstić information content (AvgIpc) is 2.08. The molecular formula is C7H14O2. The Hall–Kier alpha value is -0.0800. The molecule has 1 saturated carbocycles. The Morgan fingerprint density at radius 3 is 2.56 bits per heavy atom. The zero-order chi connectivity index (χ0) is 6.91. The lowest BCUT2D eigenvalue weighted by Crippen LogP contribution is -2.30. The highest BCUT2D eigenvalue weighted by Gasteiger charge is 2.35. The Bertz CT molecular complexity index is 99.1. The molecule has 2 heteroatoms. The van der Waals surface area contributed by atoms with Crippen molar-refractivity contribution in [2.24, 2.45) is 5.92 Å². The van der Waals surface area contributed by atoms with E-state index in [1.165, 1.54) is 0 Å². The van der Waals surface area contributed by atoms with Crippen molar-refractivity contribution < 1.29 is 10.2 Å². The maximum absolute atomic E-state index is 9.49. The zero-order valence-electron chi connectivity index (χ0n) is 5.80. The minimum atomic E-state index is -0.589. The molecular weight excluding hydrogens is 116 g/mol. The maximum Gasteiger partial charge on any atom is 0.0669 e. The minimum Gasteiger partial charge on any atom is -0.396 e. The number of hydrogen-bond acceptors (Lipinski definition) is 2. The van der Waals surface area contributed by atoms with Crippen LogP contribution >= 0.6 is 0 Å². The van der Waals surface area contributed by atoms with Crippen LogP contribution < -0.4 is 0 Å². The van der Waals surface area contributed by atoms with Gasteiger partial charge in [-0.15, -0.1) is 0 Å². The summed E-state index contributed by atoms with van der Waals surface area (Å²) < 4.78 is 0. The van der Waals surface area contributed by atoms with Crippen LogP contribution in [0.3, 0.4) is 0 Å². The van der Waals surface area contributed by atoms with E-state index in [0.29, 0.717) is 0 Å². The van der Waals surface area contributed by atoms with Crippen LogP contribution in [0.15, 0.2) is 0 Å². The lowest BCUT2D eigenvalue weighted by atomic mass is 9.94. The van der Waals surface area contributed by atoms with Crippen LogP contribution in [0.25, 0.3) is 0 Å². The van der Waals surface area contributed by atoms with E-state index in [4.69, 9.17) is 5.11 Å². The van der Waals surface area contributed by atoms with Gasteiger partial charge in [-0.1, -0.05) is 6.42 Å². The van der Waals surface area contributed by atoms with Gasteiger partial charge >= 0.3 is 0 Å². The van der Waals surface area contributed by atoms with Crippen LogP contribution in [0.5, 0.6) is 0 Å². The molecule has 0 aromatic carbocycles. The van der Waals surface area contributed by atoms with E-state index >= 15 is 0 Å². The van der Waals surface area contributed by atoms with Gasteiger partial charge in [0.15, 0.2) is 0 Å². The largest absolute Gasteiger partial charge is 0.396 e. The molecule has 1 aliphatic rings. The molecule has 0 radical (unpaired) electrons. The average molecular weight is 130 g/mol. The maximum atomic E-state index is 9.49. The molecule has 0 spiro atoms. The topological polar surface area (TPSA) is 40.5 Å². The number of rotatable bonds is 1. The van der Waals surface area contributed by atoms with Crippen molar-refractivity contribution in [1.82, 2.24) is 0 Å². The van der Waals surface area contributed by atoms with Crippen molar-refractivity contribution in [3.63, 3.8) is 0 Å². The van der Waals surface area contributed by atoms with E-state index in [1.54, 1.807) is 6.92 Å². The molecule has 2 nitrogen and oxygen atoms in total. The van der Waals surface area contributed by atoms with Gasteiger partial charge in [0.25, 0.3) is 0 Å². The molecule has 54 valence electrons. The Morgan fingerprint density at radius 2 is 2.33 bits per heavy atom. The predicted molar refractivity (Wildman–Crippen MR) is 35.1 cm³/mol. The first-order valence-electron chi connectivity index (χ1n) is 3.50. The van der Waals surface area contributed by atoms with E-state index in [-0.39, 0.29) is 12.5 Å². The van der Waals surface area contributed by atoms with Crippen molar-refractivity contribution in [2.45, 2.75) is 31.8 Å². The summed E-state index contributed by atoms with van der Waals surface area (Å²) in [5.74, 6) is 0.123. The van der Waals surface area contributed by atoms with Gasteiger partial charge in [0.2, 0.25) is 0 Å². The molecule has 1 rings (SSSR count). The summed E-state index contributed by atoms with van der Waals surface area (Å²) in [4.78, 5) is 0. The Balaban J connectivity index is 2.52. The molecule has 0 heterocycles. The monoisotopic (exact) mass is 130 g/mol. The SMILES string of the molecule is C[C@]1(O)CCCC1CO.